The molecule has 0 radical (unpaired) electrons. The van der Waals surface area contributed by atoms with Crippen LogP contribution < -0.4 is 43.8 Å². The van der Waals surface area contributed by atoms with Crippen LogP contribution in [0.4, 0.5) is 17.6 Å². The fourth-order valence-corrected chi connectivity index (χ4v) is 7.76. The summed E-state index contributed by atoms with van der Waals surface area (Å²) in [5, 5.41) is 11.6. The van der Waals surface area contributed by atoms with Gasteiger partial charge in [-0.2, -0.15) is 9.97 Å². The average molecular weight is 1270 g/mol. The maximum atomic E-state index is 12.5. The van der Waals surface area contributed by atoms with E-state index < -0.39 is 16.9 Å². The third kappa shape index (κ3) is 23.8. The van der Waals surface area contributed by atoms with Crippen molar-refractivity contribution in [1.29, 1.82) is 0 Å². The van der Waals surface area contributed by atoms with E-state index >= 15 is 0 Å². The van der Waals surface area contributed by atoms with E-state index in [-0.39, 0.29) is 96.1 Å². The van der Waals surface area contributed by atoms with Crippen LogP contribution in [0.1, 0.15) is 153 Å². The summed E-state index contributed by atoms with van der Waals surface area (Å²) in [6.45, 7) is 21.9. The SMILES string of the molecule is CC(=O)CCC#Cc1cn(C(C)C)c2ncnc(N=CN(C)C)c12.CC(=O)NCC#Cc1cn(C(C)C)c(=O)[nH]c1=O.CC(=O)NCC#Cc1cn(C(C)C)c(=O)nc1NC(=O)c1ccccc1.CC(=O)NCC#Cc1cn(C(C)C)c2nc(N=CN(C)C)[nH]c(=O)c12. The second-order valence-electron chi connectivity index (χ2n) is 22.0. The first-order valence-corrected chi connectivity index (χ1v) is 29.4. The molecule has 0 bridgehead atoms. The maximum Gasteiger partial charge on any atom is 0.349 e. The van der Waals surface area contributed by atoms with Gasteiger partial charge in [0.05, 0.1) is 59.8 Å². The highest BCUT2D eigenvalue weighted by Crippen LogP contribution is 2.29. The molecule has 7 rings (SSSR count). The lowest BCUT2D eigenvalue weighted by molar-refractivity contribution is -0.119. The number of benzene rings is 1. The van der Waals surface area contributed by atoms with Crippen LogP contribution in [0.2, 0.25) is 0 Å². The van der Waals surface area contributed by atoms with Gasteiger partial charge in [0.2, 0.25) is 23.7 Å². The molecule has 0 saturated carbocycles. The molecule has 0 spiro atoms. The lowest BCUT2D eigenvalue weighted by atomic mass is 10.2. The van der Waals surface area contributed by atoms with E-state index in [0.717, 1.165) is 16.6 Å². The molecule has 4 amide bonds. The topological polar surface area (TPSA) is 336 Å². The van der Waals surface area contributed by atoms with Gasteiger partial charge < -0.3 is 40.2 Å². The number of rotatable bonds is 15. The van der Waals surface area contributed by atoms with Gasteiger partial charge in [-0.15, -0.1) is 0 Å². The Kier molecular flexibility index (Phi) is 28.9. The molecule has 0 aliphatic carbocycles. The summed E-state index contributed by atoms with van der Waals surface area (Å²) in [5.74, 6) is 23.1. The third-order valence-corrected chi connectivity index (χ3v) is 12.3. The van der Waals surface area contributed by atoms with Crippen molar-refractivity contribution in [3.05, 3.63) is 131 Å². The van der Waals surface area contributed by atoms with Gasteiger partial charge in [-0.3, -0.25) is 52.7 Å². The number of nitrogens with zero attached hydrogens (tertiary/aromatic N) is 12. The van der Waals surface area contributed by atoms with Gasteiger partial charge in [0.15, 0.2) is 17.3 Å². The molecule has 0 aliphatic heterocycles. The Bertz CT molecular complexity index is 4400. The molecule has 6 aromatic heterocycles. The van der Waals surface area contributed by atoms with Gasteiger partial charge >= 0.3 is 11.4 Å². The maximum absolute atomic E-state index is 12.5. The van der Waals surface area contributed by atoms with E-state index in [4.69, 9.17) is 0 Å². The fourth-order valence-electron chi connectivity index (χ4n) is 7.76. The largest absolute Gasteiger partial charge is 0.369 e. The molecule has 6 N–H and O–H groups in total. The first-order valence-electron chi connectivity index (χ1n) is 29.4. The van der Waals surface area contributed by atoms with Gasteiger partial charge in [0.25, 0.3) is 17.0 Å². The van der Waals surface area contributed by atoms with Gasteiger partial charge in [-0.25, -0.2) is 29.5 Å². The first kappa shape index (κ1) is 74.0. The Hall–Kier alpha value is -11.5. The van der Waals surface area contributed by atoms with Crippen molar-refractivity contribution in [1.82, 2.24) is 73.9 Å². The second-order valence-corrected chi connectivity index (χ2v) is 22.0. The summed E-state index contributed by atoms with van der Waals surface area (Å²) >= 11 is 0. The molecule has 0 saturated heterocycles. The number of H-pyrrole nitrogens is 2. The number of carbonyl (C=O) groups is 5. The highest BCUT2D eigenvalue weighted by molar-refractivity contribution is 6.04. The highest BCUT2D eigenvalue weighted by atomic mass is 16.2. The van der Waals surface area contributed by atoms with Crippen LogP contribution in [0.25, 0.3) is 22.1 Å². The fraction of sp³-hybridized carbons (Fsp3) is 0.379. The minimum atomic E-state index is -0.521. The summed E-state index contributed by atoms with van der Waals surface area (Å²) in [5.41, 5.74) is 2.07. The Morgan fingerprint density at radius 3 is 1.57 bits per heavy atom. The number of nitrogens with one attached hydrogen (secondary N) is 6. The zero-order valence-electron chi connectivity index (χ0n) is 55.3. The van der Waals surface area contributed by atoms with Crippen LogP contribution in [-0.2, 0) is 19.2 Å². The number of hydrogen-bond donors (Lipinski definition) is 6. The summed E-state index contributed by atoms with van der Waals surface area (Å²) in [4.78, 5) is 138. The van der Waals surface area contributed by atoms with Gasteiger partial charge in [0, 0.05) is 116 Å². The molecule has 0 atom stereocenters. The van der Waals surface area contributed by atoms with E-state index in [1.54, 1.807) is 67.2 Å². The second kappa shape index (κ2) is 36.3. The van der Waals surface area contributed by atoms with Crippen molar-refractivity contribution < 1.29 is 24.0 Å². The average Bonchev–Trinajstić information content (AvgIpc) is 1.65. The Labute approximate surface area is 539 Å². The molecule has 0 fully saturated rings. The molecule has 488 valence electrons. The summed E-state index contributed by atoms with van der Waals surface area (Å²) < 4.78 is 6.78. The number of amides is 4. The number of hydrogen-bond acceptors (Lipinski definition) is 15. The van der Waals surface area contributed by atoms with Crippen molar-refractivity contribution in [3.63, 3.8) is 0 Å². The summed E-state index contributed by atoms with van der Waals surface area (Å²) in [7, 11) is 7.48. The van der Waals surface area contributed by atoms with Gasteiger partial charge in [-0.05, 0) is 74.4 Å². The summed E-state index contributed by atoms with van der Waals surface area (Å²) in [6.07, 6.45) is 12.6. The third-order valence-electron chi connectivity index (χ3n) is 12.3. The number of aromatic nitrogens is 10. The Morgan fingerprint density at radius 2 is 1.04 bits per heavy atom. The molecular formula is C66H80N18O9. The van der Waals surface area contributed by atoms with E-state index in [9.17, 15) is 43.2 Å². The van der Waals surface area contributed by atoms with Crippen molar-refractivity contribution in [2.24, 2.45) is 9.98 Å². The quantitative estimate of drug-likeness (QED) is 0.0440. The normalized spacial score (nSPS) is 10.5. The van der Waals surface area contributed by atoms with Crippen LogP contribution in [0, 0.1) is 47.4 Å². The number of ketones is 1. The Morgan fingerprint density at radius 1 is 0.559 bits per heavy atom. The molecule has 7 aromatic rings. The first-order chi connectivity index (χ1) is 44.0. The van der Waals surface area contributed by atoms with Gasteiger partial charge in [-0.1, -0.05) is 65.6 Å². The standard InChI is InChI=1S/C19H20N4O3.C18H23N5O.C17H22N6O2.C12H15N3O3/c1-13(2)23-12-16(10-7-11-20-14(3)24)17(22-19(23)26)21-18(25)15-8-5-4-6-9-15;1-13(2)23-10-15(9-7-6-8-14(3)24)16-17(21-12-22(4)5)19-11-20-18(16)23;1-11(2)23-9-13(7-6-8-18-12(3)24)14-15(23)20-17(21-16(14)25)19-10-22(4)5;1-8(2)15-7-10(11(17)14-12(15)18)5-4-6-13-9(3)16/h4-6,8-9,12-13H,11H2,1-3H3,(H,20,24)(H,21,22,25,26);10-13H,6,8H2,1-5H3;9-11H,8H2,1-5H3,(H,18,24)(H,20,21,25);7-8H,6H2,1-3H3,(H,13,16)(H,14,17,18). The zero-order chi connectivity index (χ0) is 69.1. The number of aliphatic imine (C=N–C) groups is 2. The molecule has 1 aromatic carbocycles. The number of anilines is 1. The van der Waals surface area contributed by atoms with Crippen LogP contribution in [0.3, 0.4) is 0 Å². The van der Waals surface area contributed by atoms with Crippen molar-refractivity contribution in [2.45, 2.75) is 120 Å². The Balaban J connectivity index is 0.000000266. The predicted molar refractivity (Wildman–Crippen MR) is 361 cm³/mol. The molecule has 0 aliphatic rings. The lowest BCUT2D eigenvalue weighted by Gasteiger charge is -2.12. The molecule has 93 heavy (non-hydrogen) atoms. The van der Waals surface area contributed by atoms with Crippen LogP contribution >= 0.6 is 0 Å². The minimum absolute atomic E-state index is 0.0646. The highest BCUT2D eigenvalue weighted by Gasteiger charge is 2.18. The molecule has 6 heterocycles. The zero-order valence-corrected chi connectivity index (χ0v) is 55.3. The van der Waals surface area contributed by atoms with Crippen LogP contribution in [-0.4, -0.2) is 148 Å². The van der Waals surface area contributed by atoms with E-state index in [1.165, 1.54) is 42.4 Å². The van der Waals surface area contributed by atoms with Crippen LogP contribution in [0.5, 0.6) is 0 Å². The number of carbonyl (C=O) groups excluding carboxylic acids is 5. The minimum Gasteiger partial charge on any atom is -0.369 e. The molecule has 27 nitrogen and oxygen atoms in total. The van der Waals surface area contributed by atoms with E-state index in [1.807, 2.05) is 85.4 Å². The van der Waals surface area contributed by atoms with Gasteiger partial charge in [0.1, 0.15) is 23.3 Å². The smallest absolute Gasteiger partial charge is 0.349 e. The van der Waals surface area contributed by atoms with Crippen molar-refractivity contribution in [3.8, 4) is 47.4 Å². The monoisotopic (exact) mass is 1270 g/mol. The number of fused-ring (bicyclic) bond motifs is 2. The molecular weight excluding hydrogens is 1190 g/mol. The van der Waals surface area contributed by atoms with E-state index in [0.29, 0.717) is 46.4 Å². The van der Waals surface area contributed by atoms with E-state index in [2.05, 4.69) is 127 Å². The number of Topliss-reactive ketones (excluding diaryl/α,β-unsaturated/α-hetero) is 1. The van der Waals surface area contributed by atoms with Crippen molar-refractivity contribution in [2.75, 3.05) is 53.1 Å². The van der Waals surface area contributed by atoms with Crippen LogP contribution in [0.15, 0.2) is 90.6 Å². The molecule has 0 unspecified atom stereocenters. The number of aromatic amines is 2. The molecule has 27 heteroatoms. The van der Waals surface area contributed by atoms with Crippen molar-refractivity contribution >= 4 is 81.7 Å². The lowest BCUT2D eigenvalue weighted by Crippen LogP contribution is -2.32. The summed E-state index contributed by atoms with van der Waals surface area (Å²) in [6, 6.07) is 8.79. The predicted octanol–water partition coefficient (Wildman–Crippen LogP) is 5.14.